The molecule has 3 heterocycles. The van der Waals surface area contributed by atoms with Crippen molar-refractivity contribution in [2.24, 2.45) is 0 Å². The molecule has 0 spiro atoms. The number of nitro groups is 1. The maximum atomic E-state index is 11.1. The maximum absolute atomic E-state index is 11.1. The van der Waals surface area contributed by atoms with Crippen LogP contribution in [0.25, 0.3) is 23.0 Å². The van der Waals surface area contributed by atoms with Crippen LogP contribution in [0.2, 0.25) is 0 Å². The van der Waals surface area contributed by atoms with Crippen molar-refractivity contribution in [3.63, 3.8) is 0 Å². The lowest BCUT2D eigenvalue weighted by atomic mass is 10.2. The smallest absolute Gasteiger partial charge is 0.258 e. The standard InChI is InChI=1S/C21H12N8O2/c22-11-15-5-2-8-24-18(15)20-26-21(19-16(12-23)6-3-9-25-19)28(27-20)13-14-4-1-7-17(10-14)29(30)31/h1-10H,13H2. The van der Waals surface area contributed by atoms with E-state index in [0.29, 0.717) is 28.1 Å². The molecule has 148 valence electrons. The highest BCUT2D eigenvalue weighted by atomic mass is 16.6. The van der Waals surface area contributed by atoms with Gasteiger partial charge in [-0.15, -0.1) is 5.10 Å². The molecule has 0 N–H and O–H groups in total. The monoisotopic (exact) mass is 408 g/mol. The minimum atomic E-state index is -0.475. The zero-order valence-corrected chi connectivity index (χ0v) is 15.9. The highest BCUT2D eigenvalue weighted by molar-refractivity contribution is 5.65. The first-order valence-corrected chi connectivity index (χ1v) is 9.00. The van der Waals surface area contributed by atoms with Crippen LogP contribution in [0.5, 0.6) is 0 Å². The molecule has 4 aromatic rings. The molecular weight excluding hydrogens is 396 g/mol. The minimum Gasteiger partial charge on any atom is -0.258 e. The van der Waals surface area contributed by atoms with Crippen molar-refractivity contribution in [1.29, 1.82) is 10.5 Å². The first-order chi connectivity index (χ1) is 15.1. The summed E-state index contributed by atoms with van der Waals surface area (Å²) < 4.78 is 1.49. The van der Waals surface area contributed by atoms with Crippen molar-refractivity contribution in [2.45, 2.75) is 6.54 Å². The lowest BCUT2D eigenvalue weighted by molar-refractivity contribution is -0.384. The molecule has 0 saturated carbocycles. The van der Waals surface area contributed by atoms with E-state index in [4.69, 9.17) is 0 Å². The minimum absolute atomic E-state index is 0.0496. The Hall–Kier alpha value is -4.96. The van der Waals surface area contributed by atoms with E-state index in [9.17, 15) is 20.6 Å². The van der Waals surface area contributed by atoms with Gasteiger partial charge in [-0.1, -0.05) is 12.1 Å². The van der Waals surface area contributed by atoms with E-state index in [0.717, 1.165) is 0 Å². The molecule has 10 nitrogen and oxygen atoms in total. The van der Waals surface area contributed by atoms with Gasteiger partial charge < -0.3 is 0 Å². The number of nitrogens with zero attached hydrogens (tertiary/aromatic N) is 8. The fourth-order valence-electron chi connectivity index (χ4n) is 3.02. The second-order valence-electron chi connectivity index (χ2n) is 6.37. The van der Waals surface area contributed by atoms with Gasteiger partial charge in [0.25, 0.3) is 5.69 Å². The summed E-state index contributed by atoms with van der Waals surface area (Å²) in [5, 5.41) is 34.5. The van der Waals surface area contributed by atoms with Crippen LogP contribution in [-0.2, 0) is 6.54 Å². The van der Waals surface area contributed by atoms with E-state index in [1.165, 1.54) is 29.2 Å². The van der Waals surface area contributed by atoms with Gasteiger partial charge in [0.15, 0.2) is 5.82 Å². The predicted octanol–water partition coefficient (Wildman–Crippen LogP) is 3.10. The number of pyridine rings is 2. The molecule has 4 rings (SSSR count). The van der Waals surface area contributed by atoms with Crippen molar-refractivity contribution in [2.75, 3.05) is 0 Å². The summed E-state index contributed by atoms with van der Waals surface area (Å²) in [6, 6.07) is 16.8. The molecule has 0 aliphatic carbocycles. The van der Waals surface area contributed by atoms with Gasteiger partial charge in [0.1, 0.15) is 23.5 Å². The Kier molecular flexibility index (Phi) is 5.11. The number of nitro benzene ring substituents is 1. The molecule has 3 aromatic heterocycles. The quantitative estimate of drug-likeness (QED) is 0.361. The number of benzene rings is 1. The van der Waals surface area contributed by atoms with Gasteiger partial charge in [0.05, 0.1) is 22.6 Å². The van der Waals surface area contributed by atoms with Crippen molar-refractivity contribution >= 4 is 5.69 Å². The van der Waals surface area contributed by atoms with E-state index >= 15 is 0 Å². The van der Waals surface area contributed by atoms with Crippen molar-refractivity contribution in [1.82, 2.24) is 24.7 Å². The van der Waals surface area contributed by atoms with E-state index in [2.05, 4.69) is 32.2 Å². The Morgan fingerprint density at radius 3 is 2.32 bits per heavy atom. The molecule has 0 unspecified atom stereocenters. The van der Waals surface area contributed by atoms with Crippen molar-refractivity contribution in [3.05, 3.63) is 87.7 Å². The van der Waals surface area contributed by atoms with Gasteiger partial charge in [-0.25, -0.2) is 9.67 Å². The maximum Gasteiger partial charge on any atom is 0.269 e. The SMILES string of the molecule is N#Cc1cccnc1-c1nc(-c2ncccc2C#N)n(Cc2cccc([N+](=O)[O-])c2)n1. The predicted molar refractivity (Wildman–Crippen MR) is 108 cm³/mol. The van der Waals surface area contributed by atoms with Gasteiger partial charge in [-0.3, -0.25) is 20.1 Å². The molecule has 10 heteroatoms. The van der Waals surface area contributed by atoms with Crippen LogP contribution < -0.4 is 0 Å². The van der Waals surface area contributed by atoms with Gasteiger partial charge in [0.2, 0.25) is 5.82 Å². The van der Waals surface area contributed by atoms with Crippen LogP contribution in [0, 0.1) is 32.8 Å². The second kappa shape index (κ2) is 8.19. The van der Waals surface area contributed by atoms with E-state index < -0.39 is 4.92 Å². The molecular formula is C21H12N8O2. The fourth-order valence-corrected chi connectivity index (χ4v) is 3.02. The summed E-state index contributed by atoms with van der Waals surface area (Å²) in [5.41, 5.74) is 1.75. The zero-order chi connectivity index (χ0) is 21.8. The summed E-state index contributed by atoms with van der Waals surface area (Å²) in [7, 11) is 0. The van der Waals surface area contributed by atoms with Gasteiger partial charge >= 0.3 is 0 Å². The normalized spacial score (nSPS) is 10.3. The molecule has 1 aromatic carbocycles. The summed E-state index contributed by atoms with van der Waals surface area (Å²) in [5.74, 6) is 0.473. The van der Waals surface area contributed by atoms with Crippen LogP contribution in [0.3, 0.4) is 0 Å². The van der Waals surface area contributed by atoms with Crippen LogP contribution in [0.4, 0.5) is 5.69 Å². The number of aromatic nitrogens is 5. The van der Waals surface area contributed by atoms with Gasteiger partial charge in [-0.05, 0) is 29.8 Å². The highest BCUT2D eigenvalue weighted by Crippen LogP contribution is 2.25. The Balaban J connectivity index is 1.88. The first-order valence-electron chi connectivity index (χ1n) is 9.00. The lowest BCUT2D eigenvalue weighted by Crippen LogP contribution is -2.06. The van der Waals surface area contributed by atoms with Crippen LogP contribution >= 0.6 is 0 Å². The summed E-state index contributed by atoms with van der Waals surface area (Å²) >= 11 is 0. The summed E-state index contributed by atoms with van der Waals surface area (Å²) in [6.07, 6.45) is 3.06. The van der Waals surface area contributed by atoms with Crippen LogP contribution in [0.15, 0.2) is 60.9 Å². The number of rotatable bonds is 5. The molecule has 0 fully saturated rings. The average Bonchev–Trinajstić information content (AvgIpc) is 3.22. The lowest BCUT2D eigenvalue weighted by Gasteiger charge is -2.06. The Labute approximate surface area is 175 Å². The third-order valence-electron chi connectivity index (χ3n) is 4.41. The molecule has 0 bridgehead atoms. The molecule has 0 atom stereocenters. The van der Waals surface area contributed by atoms with E-state index in [1.54, 1.807) is 36.4 Å². The molecule has 0 saturated heterocycles. The fraction of sp³-hybridized carbons (Fsp3) is 0.0476. The topological polar surface area (TPSA) is 147 Å². The molecule has 0 radical (unpaired) electrons. The van der Waals surface area contributed by atoms with Gasteiger partial charge in [0, 0.05) is 24.5 Å². The molecule has 0 aliphatic rings. The van der Waals surface area contributed by atoms with E-state index in [-0.39, 0.29) is 23.9 Å². The first kappa shape index (κ1) is 19.4. The number of hydrogen-bond acceptors (Lipinski definition) is 8. The largest absolute Gasteiger partial charge is 0.269 e. The zero-order valence-electron chi connectivity index (χ0n) is 15.9. The van der Waals surface area contributed by atoms with Crippen LogP contribution in [-0.4, -0.2) is 29.7 Å². The summed E-state index contributed by atoms with van der Waals surface area (Å²) in [4.78, 5) is 23.7. The number of hydrogen-bond donors (Lipinski definition) is 0. The summed E-state index contributed by atoms with van der Waals surface area (Å²) in [6.45, 7) is 0.139. The van der Waals surface area contributed by atoms with Crippen molar-refractivity contribution in [3.8, 4) is 35.2 Å². The number of nitriles is 2. The van der Waals surface area contributed by atoms with Gasteiger partial charge in [-0.2, -0.15) is 10.5 Å². The highest BCUT2D eigenvalue weighted by Gasteiger charge is 2.20. The third kappa shape index (κ3) is 3.81. The number of non-ortho nitro benzene ring substituents is 1. The Bertz CT molecular complexity index is 1380. The Morgan fingerprint density at radius 1 is 0.968 bits per heavy atom. The van der Waals surface area contributed by atoms with Crippen LogP contribution in [0.1, 0.15) is 16.7 Å². The second-order valence-corrected chi connectivity index (χ2v) is 6.37. The van der Waals surface area contributed by atoms with Crippen molar-refractivity contribution < 1.29 is 4.92 Å². The van der Waals surface area contributed by atoms with E-state index in [1.807, 2.05) is 0 Å². The molecule has 0 aliphatic heterocycles. The molecule has 31 heavy (non-hydrogen) atoms. The third-order valence-corrected chi connectivity index (χ3v) is 4.41. The average molecular weight is 408 g/mol. The molecule has 0 amide bonds. The Morgan fingerprint density at radius 2 is 1.65 bits per heavy atom.